The van der Waals surface area contributed by atoms with Gasteiger partial charge in [0.1, 0.15) is 0 Å². The van der Waals surface area contributed by atoms with Crippen LogP contribution in [0.15, 0.2) is 11.6 Å². The Balaban J connectivity index is 2.53. The summed E-state index contributed by atoms with van der Waals surface area (Å²) in [5.41, 5.74) is 6.54. The second-order valence-corrected chi connectivity index (χ2v) is 5.88. The largest absolute Gasteiger partial charge is 0.341 e. The maximum absolute atomic E-state index is 12.1. The molecule has 1 fully saturated rings. The van der Waals surface area contributed by atoms with Gasteiger partial charge in [0.15, 0.2) is 0 Å². The lowest BCUT2D eigenvalue weighted by atomic mass is 10.0. The van der Waals surface area contributed by atoms with E-state index in [1.54, 1.807) is 18.9 Å². The molecule has 1 unspecified atom stereocenters. The van der Waals surface area contributed by atoms with Crippen molar-refractivity contribution >= 4 is 11.8 Å². The van der Waals surface area contributed by atoms with Gasteiger partial charge in [-0.1, -0.05) is 19.9 Å². The van der Waals surface area contributed by atoms with Gasteiger partial charge in [0.25, 0.3) is 0 Å². The summed E-state index contributed by atoms with van der Waals surface area (Å²) < 4.78 is 0. The van der Waals surface area contributed by atoms with E-state index in [-0.39, 0.29) is 17.7 Å². The van der Waals surface area contributed by atoms with Gasteiger partial charge in [0.05, 0.1) is 6.04 Å². The minimum absolute atomic E-state index is 0.0801. The fraction of sp³-hybridized carbons (Fsp3) is 0.733. The van der Waals surface area contributed by atoms with Crippen LogP contribution < -0.4 is 5.73 Å². The lowest BCUT2D eigenvalue weighted by Crippen LogP contribution is -2.45. The average Bonchev–Trinajstić information content (AvgIpc) is 2.95. The average molecular weight is 281 g/mol. The molecule has 0 radical (unpaired) electrons. The van der Waals surface area contributed by atoms with Crippen LogP contribution in [0.25, 0.3) is 0 Å². The summed E-state index contributed by atoms with van der Waals surface area (Å²) in [4.78, 5) is 27.5. The molecule has 0 aromatic carbocycles. The van der Waals surface area contributed by atoms with Crippen molar-refractivity contribution in [1.82, 2.24) is 9.80 Å². The normalized spacial score (nSPS) is 17.5. The van der Waals surface area contributed by atoms with Crippen LogP contribution >= 0.6 is 0 Å². The highest BCUT2D eigenvalue weighted by Crippen LogP contribution is 2.11. The molecule has 0 aromatic rings. The number of amides is 2. The molecule has 5 nitrogen and oxygen atoms in total. The minimum Gasteiger partial charge on any atom is -0.341 e. The van der Waals surface area contributed by atoms with Crippen LogP contribution in [0.3, 0.4) is 0 Å². The molecule has 114 valence electrons. The molecular formula is C15H27N3O2. The number of likely N-dealkylation sites (N-methyl/N-ethyl adjacent to an activating group) is 1. The highest BCUT2D eigenvalue weighted by atomic mass is 16.2. The zero-order chi connectivity index (χ0) is 15.3. The van der Waals surface area contributed by atoms with Crippen molar-refractivity contribution < 1.29 is 9.59 Å². The Bertz CT molecular complexity index is 385. The van der Waals surface area contributed by atoms with Gasteiger partial charge in [-0.3, -0.25) is 9.59 Å². The standard InChI is InChI=1S/C15H27N3O2/c1-11(2)13(16)15(20)17(4)10-7-12(3)14(19)18-8-5-6-9-18/h7,11,13H,5-6,8-10,16H2,1-4H3/b12-7+. The summed E-state index contributed by atoms with van der Waals surface area (Å²) >= 11 is 0. The Kier molecular flexibility index (Phi) is 6.20. The molecule has 20 heavy (non-hydrogen) atoms. The predicted octanol–water partition coefficient (Wildman–Crippen LogP) is 0.997. The van der Waals surface area contributed by atoms with E-state index in [2.05, 4.69) is 0 Å². The molecule has 0 aliphatic carbocycles. The molecule has 1 aliphatic rings. The van der Waals surface area contributed by atoms with Crippen molar-refractivity contribution in [2.45, 2.75) is 39.7 Å². The van der Waals surface area contributed by atoms with E-state index in [1.807, 2.05) is 24.8 Å². The van der Waals surface area contributed by atoms with Crippen LogP contribution in [0.2, 0.25) is 0 Å². The van der Waals surface area contributed by atoms with Crippen LogP contribution in [-0.4, -0.2) is 54.3 Å². The molecule has 0 bridgehead atoms. The van der Waals surface area contributed by atoms with Crippen molar-refractivity contribution in [1.29, 1.82) is 0 Å². The first kappa shape index (κ1) is 16.7. The third kappa shape index (κ3) is 4.34. The Labute approximate surface area is 121 Å². The second-order valence-electron chi connectivity index (χ2n) is 5.88. The van der Waals surface area contributed by atoms with Crippen molar-refractivity contribution in [3.63, 3.8) is 0 Å². The highest BCUT2D eigenvalue weighted by molar-refractivity contribution is 5.93. The van der Waals surface area contributed by atoms with Crippen molar-refractivity contribution in [2.75, 3.05) is 26.7 Å². The third-order valence-corrected chi connectivity index (χ3v) is 3.78. The number of likely N-dealkylation sites (tertiary alicyclic amines) is 1. The number of hydrogen-bond donors (Lipinski definition) is 1. The molecule has 1 saturated heterocycles. The predicted molar refractivity (Wildman–Crippen MR) is 80.0 cm³/mol. The van der Waals surface area contributed by atoms with E-state index < -0.39 is 6.04 Å². The number of carbonyl (C=O) groups is 2. The Morgan fingerprint density at radius 1 is 1.30 bits per heavy atom. The van der Waals surface area contributed by atoms with Crippen LogP contribution in [-0.2, 0) is 9.59 Å². The van der Waals surface area contributed by atoms with Gasteiger partial charge in [0.2, 0.25) is 11.8 Å². The summed E-state index contributed by atoms with van der Waals surface area (Å²) in [5, 5.41) is 0. The summed E-state index contributed by atoms with van der Waals surface area (Å²) in [7, 11) is 1.72. The molecule has 1 heterocycles. The van der Waals surface area contributed by atoms with E-state index in [1.165, 1.54) is 0 Å². The number of rotatable bonds is 5. The molecule has 2 N–H and O–H groups in total. The Hall–Kier alpha value is -1.36. The molecule has 1 rings (SSSR count). The second kappa shape index (κ2) is 7.43. The van der Waals surface area contributed by atoms with Crippen molar-refractivity contribution in [3.8, 4) is 0 Å². The van der Waals surface area contributed by atoms with Gasteiger partial charge in [-0.15, -0.1) is 0 Å². The number of nitrogens with zero attached hydrogens (tertiary/aromatic N) is 2. The van der Waals surface area contributed by atoms with E-state index in [0.717, 1.165) is 25.9 Å². The Morgan fingerprint density at radius 3 is 2.35 bits per heavy atom. The first-order valence-corrected chi connectivity index (χ1v) is 7.31. The van der Waals surface area contributed by atoms with E-state index in [9.17, 15) is 9.59 Å². The van der Waals surface area contributed by atoms with Crippen molar-refractivity contribution in [3.05, 3.63) is 11.6 Å². The van der Waals surface area contributed by atoms with Gasteiger partial charge >= 0.3 is 0 Å². The summed E-state index contributed by atoms with van der Waals surface area (Å²) in [6.45, 7) is 7.77. The fourth-order valence-corrected chi connectivity index (χ4v) is 2.16. The van der Waals surface area contributed by atoms with E-state index >= 15 is 0 Å². The molecule has 0 spiro atoms. The molecular weight excluding hydrogens is 254 g/mol. The number of nitrogens with two attached hydrogens (primary N) is 1. The SMILES string of the molecule is C/C(=C\CN(C)C(=O)C(N)C(C)C)C(=O)N1CCCC1. The van der Waals surface area contributed by atoms with Crippen LogP contribution in [0, 0.1) is 5.92 Å². The van der Waals surface area contributed by atoms with E-state index in [4.69, 9.17) is 5.73 Å². The van der Waals surface area contributed by atoms with Gasteiger partial charge in [-0.2, -0.15) is 0 Å². The van der Waals surface area contributed by atoms with Crippen LogP contribution in [0.4, 0.5) is 0 Å². The highest BCUT2D eigenvalue weighted by Gasteiger charge is 2.21. The monoisotopic (exact) mass is 281 g/mol. The smallest absolute Gasteiger partial charge is 0.249 e. The maximum Gasteiger partial charge on any atom is 0.249 e. The van der Waals surface area contributed by atoms with Gasteiger partial charge in [-0.05, 0) is 25.7 Å². The first-order chi connectivity index (χ1) is 9.34. The third-order valence-electron chi connectivity index (χ3n) is 3.78. The van der Waals surface area contributed by atoms with Crippen molar-refractivity contribution in [2.24, 2.45) is 11.7 Å². The first-order valence-electron chi connectivity index (χ1n) is 7.31. The maximum atomic E-state index is 12.1. The fourth-order valence-electron chi connectivity index (χ4n) is 2.16. The van der Waals surface area contributed by atoms with E-state index in [0.29, 0.717) is 12.1 Å². The molecule has 1 atom stereocenters. The lowest BCUT2D eigenvalue weighted by molar-refractivity contribution is -0.132. The quantitative estimate of drug-likeness (QED) is 0.764. The van der Waals surface area contributed by atoms with Gasteiger partial charge in [-0.25, -0.2) is 0 Å². The summed E-state index contributed by atoms with van der Waals surface area (Å²) in [5.74, 6) is 0.107. The molecule has 0 aromatic heterocycles. The molecule has 0 saturated carbocycles. The van der Waals surface area contributed by atoms with Gasteiger partial charge in [0, 0.05) is 32.3 Å². The summed E-state index contributed by atoms with van der Waals surface area (Å²) in [6.07, 6.45) is 3.98. The topological polar surface area (TPSA) is 66.6 Å². The zero-order valence-electron chi connectivity index (χ0n) is 13.1. The van der Waals surface area contributed by atoms with Gasteiger partial charge < -0.3 is 15.5 Å². The van der Waals surface area contributed by atoms with Crippen LogP contribution in [0.1, 0.15) is 33.6 Å². The minimum atomic E-state index is -0.483. The zero-order valence-corrected chi connectivity index (χ0v) is 13.1. The Morgan fingerprint density at radius 2 is 1.85 bits per heavy atom. The number of hydrogen-bond acceptors (Lipinski definition) is 3. The van der Waals surface area contributed by atoms with Crippen LogP contribution in [0.5, 0.6) is 0 Å². The number of carbonyl (C=O) groups excluding carboxylic acids is 2. The molecule has 2 amide bonds. The molecule has 1 aliphatic heterocycles. The summed E-state index contributed by atoms with van der Waals surface area (Å²) in [6, 6.07) is -0.483. The lowest BCUT2D eigenvalue weighted by Gasteiger charge is -2.22. The molecule has 5 heteroatoms.